The van der Waals surface area contributed by atoms with Crippen molar-refractivity contribution >= 4 is 29.4 Å². The predicted octanol–water partition coefficient (Wildman–Crippen LogP) is 3.66. The molecule has 0 radical (unpaired) electrons. The van der Waals surface area contributed by atoms with E-state index in [4.69, 9.17) is 14.2 Å². The fraction of sp³-hybridized carbons (Fsp3) is 0.286. The summed E-state index contributed by atoms with van der Waals surface area (Å²) in [6.07, 6.45) is 5.14. The first-order chi connectivity index (χ1) is 14.1. The van der Waals surface area contributed by atoms with Crippen LogP contribution in [0.25, 0.3) is 0 Å². The quantitative estimate of drug-likeness (QED) is 0.589. The molecule has 1 heterocycles. The SMILES string of the molecule is COC(=O)C1=C(C(=O)OC)N(c2ccc(NC(=O)OC(C)(C)C)c(F)c2)C=CC=C1. The third-order valence-corrected chi connectivity index (χ3v) is 3.76. The van der Waals surface area contributed by atoms with Crippen molar-refractivity contribution in [2.75, 3.05) is 24.4 Å². The van der Waals surface area contributed by atoms with Crippen LogP contribution in [0.3, 0.4) is 0 Å². The summed E-state index contributed by atoms with van der Waals surface area (Å²) in [5.41, 5.74) is -0.854. The number of ether oxygens (including phenoxy) is 3. The third kappa shape index (κ3) is 5.47. The molecule has 0 aliphatic carbocycles. The Morgan fingerprint density at radius 3 is 2.27 bits per heavy atom. The minimum atomic E-state index is -0.817. The number of anilines is 2. The molecule has 2 rings (SSSR count). The van der Waals surface area contributed by atoms with Gasteiger partial charge in [0, 0.05) is 18.0 Å². The van der Waals surface area contributed by atoms with E-state index >= 15 is 0 Å². The van der Waals surface area contributed by atoms with E-state index in [-0.39, 0.29) is 22.6 Å². The molecular formula is C21H23FN2O6. The predicted molar refractivity (Wildman–Crippen MR) is 108 cm³/mol. The van der Waals surface area contributed by atoms with E-state index in [1.54, 1.807) is 26.8 Å². The van der Waals surface area contributed by atoms with Gasteiger partial charge in [-0.2, -0.15) is 0 Å². The summed E-state index contributed by atoms with van der Waals surface area (Å²) in [5.74, 6) is -2.35. The second-order valence-corrected chi connectivity index (χ2v) is 7.11. The number of halogens is 1. The van der Waals surface area contributed by atoms with Gasteiger partial charge in [0.2, 0.25) is 0 Å². The molecule has 1 amide bonds. The van der Waals surface area contributed by atoms with Gasteiger partial charge in [0.15, 0.2) is 0 Å². The van der Waals surface area contributed by atoms with E-state index in [9.17, 15) is 18.8 Å². The highest BCUT2D eigenvalue weighted by Gasteiger charge is 2.28. The van der Waals surface area contributed by atoms with E-state index < -0.39 is 29.5 Å². The van der Waals surface area contributed by atoms with Crippen LogP contribution in [0.5, 0.6) is 0 Å². The van der Waals surface area contributed by atoms with Crippen LogP contribution in [0.4, 0.5) is 20.6 Å². The molecule has 0 fully saturated rings. The van der Waals surface area contributed by atoms with Crippen molar-refractivity contribution in [1.82, 2.24) is 0 Å². The molecule has 1 aliphatic rings. The van der Waals surface area contributed by atoms with Crippen LogP contribution in [-0.2, 0) is 23.8 Å². The maximum atomic E-state index is 14.7. The van der Waals surface area contributed by atoms with Crippen LogP contribution in [0.1, 0.15) is 20.8 Å². The highest BCUT2D eigenvalue weighted by atomic mass is 19.1. The number of carbonyl (C=O) groups excluding carboxylic acids is 3. The maximum Gasteiger partial charge on any atom is 0.412 e. The fourth-order valence-corrected chi connectivity index (χ4v) is 2.53. The summed E-state index contributed by atoms with van der Waals surface area (Å²) in [6, 6.07) is 3.87. The van der Waals surface area contributed by atoms with Crippen LogP contribution in [0, 0.1) is 5.82 Å². The first-order valence-electron chi connectivity index (χ1n) is 8.92. The van der Waals surface area contributed by atoms with E-state index in [0.29, 0.717) is 0 Å². The van der Waals surface area contributed by atoms with Crippen molar-refractivity contribution in [2.24, 2.45) is 0 Å². The lowest BCUT2D eigenvalue weighted by Gasteiger charge is -2.24. The van der Waals surface area contributed by atoms with Gasteiger partial charge in [-0.3, -0.25) is 5.32 Å². The van der Waals surface area contributed by atoms with Gasteiger partial charge in [-0.05, 0) is 45.1 Å². The Labute approximate surface area is 173 Å². The van der Waals surface area contributed by atoms with Gasteiger partial charge in [-0.15, -0.1) is 0 Å². The van der Waals surface area contributed by atoms with E-state index in [0.717, 1.165) is 13.2 Å². The zero-order chi connectivity index (χ0) is 22.5. The Kier molecular flexibility index (Phi) is 6.99. The summed E-state index contributed by atoms with van der Waals surface area (Å²) in [7, 11) is 2.34. The van der Waals surface area contributed by atoms with E-state index in [2.05, 4.69) is 5.32 Å². The lowest BCUT2D eigenvalue weighted by molar-refractivity contribution is -0.139. The van der Waals surface area contributed by atoms with Crippen molar-refractivity contribution < 1.29 is 33.0 Å². The normalized spacial score (nSPS) is 13.6. The third-order valence-electron chi connectivity index (χ3n) is 3.76. The number of nitrogens with zero attached hydrogens (tertiary/aromatic N) is 1. The first-order valence-corrected chi connectivity index (χ1v) is 8.92. The van der Waals surface area contributed by atoms with Crippen molar-refractivity contribution in [3.8, 4) is 0 Å². The maximum absolute atomic E-state index is 14.7. The topological polar surface area (TPSA) is 94.2 Å². The number of esters is 2. The molecule has 0 saturated heterocycles. The van der Waals surface area contributed by atoms with Gasteiger partial charge in [-0.1, -0.05) is 6.08 Å². The van der Waals surface area contributed by atoms with Crippen LogP contribution in [-0.4, -0.2) is 37.9 Å². The molecule has 0 bridgehead atoms. The van der Waals surface area contributed by atoms with Gasteiger partial charge in [-0.25, -0.2) is 18.8 Å². The summed E-state index contributed by atoms with van der Waals surface area (Å²) >= 11 is 0. The highest BCUT2D eigenvalue weighted by Crippen LogP contribution is 2.29. The number of hydrogen-bond donors (Lipinski definition) is 1. The molecule has 1 aromatic rings. The Balaban J connectivity index is 2.43. The first kappa shape index (κ1) is 22.7. The molecule has 1 aromatic carbocycles. The van der Waals surface area contributed by atoms with Gasteiger partial charge < -0.3 is 19.1 Å². The summed E-state index contributed by atoms with van der Waals surface area (Å²) in [6.45, 7) is 5.06. The second kappa shape index (κ2) is 9.25. The molecule has 9 heteroatoms. The molecule has 0 saturated carbocycles. The zero-order valence-electron chi connectivity index (χ0n) is 17.3. The number of hydrogen-bond acceptors (Lipinski definition) is 7. The average Bonchev–Trinajstić information content (AvgIpc) is 2.89. The second-order valence-electron chi connectivity index (χ2n) is 7.11. The molecule has 1 N–H and O–H groups in total. The van der Waals surface area contributed by atoms with Crippen LogP contribution < -0.4 is 10.2 Å². The Bertz CT molecular complexity index is 943. The van der Waals surface area contributed by atoms with Crippen molar-refractivity contribution in [1.29, 1.82) is 0 Å². The van der Waals surface area contributed by atoms with E-state index in [1.165, 1.54) is 42.5 Å². The summed E-state index contributed by atoms with van der Waals surface area (Å²) in [5, 5.41) is 2.33. The molecule has 0 aromatic heterocycles. The highest BCUT2D eigenvalue weighted by molar-refractivity contribution is 6.05. The molecule has 8 nitrogen and oxygen atoms in total. The molecule has 0 unspecified atom stereocenters. The number of benzene rings is 1. The lowest BCUT2D eigenvalue weighted by Crippen LogP contribution is -2.28. The van der Waals surface area contributed by atoms with Gasteiger partial charge in [0.25, 0.3) is 0 Å². The number of nitrogens with one attached hydrogen (secondary N) is 1. The Morgan fingerprint density at radius 2 is 1.70 bits per heavy atom. The molecule has 160 valence electrons. The number of rotatable bonds is 4. The average molecular weight is 418 g/mol. The fourth-order valence-electron chi connectivity index (χ4n) is 2.53. The number of allylic oxidation sites excluding steroid dienone is 2. The van der Waals surface area contributed by atoms with Crippen molar-refractivity contribution in [3.63, 3.8) is 0 Å². The summed E-state index contributed by atoms with van der Waals surface area (Å²) in [4.78, 5) is 37.7. The summed E-state index contributed by atoms with van der Waals surface area (Å²) < 4.78 is 29.3. The minimum Gasteiger partial charge on any atom is -0.465 e. The number of carbonyl (C=O) groups is 3. The molecule has 0 atom stereocenters. The number of methoxy groups -OCH3 is 2. The smallest absolute Gasteiger partial charge is 0.412 e. The van der Waals surface area contributed by atoms with Crippen LogP contribution >= 0.6 is 0 Å². The Hall–Kier alpha value is -3.62. The van der Waals surface area contributed by atoms with Gasteiger partial charge in [0.1, 0.15) is 17.1 Å². The molecular weight excluding hydrogens is 395 g/mol. The largest absolute Gasteiger partial charge is 0.465 e. The zero-order valence-corrected chi connectivity index (χ0v) is 17.3. The van der Waals surface area contributed by atoms with Gasteiger partial charge >= 0.3 is 18.0 Å². The molecule has 30 heavy (non-hydrogen) atoms. The Morgan fingerprint density at radius 1 is 1.03 bits per heavy atom. The lowest BCUT2D eigenvalue weighted by atomic mass is 10.1. The van der Waals surface area contributed by atoms with Crippen molar-refractivity contribution in [2.45, 2.75) is 26.4 Å². The van der Waals surface area contributed by atoms with Gasteiger partial charge in [0.05, 0.1) is 25.5 Å². The van der Waals surface area contributed by atoms with Crippen LogP contribution in [0.15, 0.2) is 53.9 Å². The van der Waals surface area contributed by atoms with Crippen LogP contribution in [0.2, 0.25) is 0 Å². The van der Waals surface area contributed by atoms with E-state index in [1.807, 2.05) is 0 Å². The molecule has 1 aliphatic heterocycles. The number of amides is 1. The standard InChI is InChI=1S/C21H23FN2O6/c1-21(2,3)30-20(27)23-16-10-9-13(12-15(16)22)24-11-7-6-8-14(18(25)28-4)17(24)19(26)29-5/h6-12H,1-5H3,(H,23,27). The van der Waals surface area contributed by atoms with Crippen molar-refractivity contribution in [3.05, 3.63) is 59.7 Å². The monoisotopic (exact) mass is 418 g/mol. The molecule has 0 spiro atoms. The minimum absolute atomic E-state index is 0.0642.